The summed E-state index contributed by atoms with van der Waals surface area (Å²) in [5.74, 6) is -0.878. The predicted molar refractivity (Wildman–Crippen MR) is 72.7 cm³/mol. The molecule has 104 valence electrons. The number of pyridine rings is 1. The maximum Gasteiger partial charge on any atom is 0.252 e. The number of carbonyl (C=O) groups is 2. The van der Waals surface area contributed by atoms with Crippen LogP contribution in [0.3, 0.4) is 0 Å². The predicted octanol–water partition coefficient (Wildman–Crippen LogP) is 1.24. The van der Waals surface area contributed by atoms with E-state index < -0.39 is 5.82 Å². The lowest BCUT2D eigenvalue weighted by Gasteiger charge is -2.06. The van der Waals surface area contributed by atoms with Crippen LogP contribution in [0.1, 0.15) is 17.3 Å². The van der Waals surface area contributed by atoms with E-state index >= 15 is 0 Å². The van der Waals surface area contributed by atoms with Crippen LogP contribution in [-0.4, -0.2) is 29.9 Å². The first kappa shape index (κ1) is 13.9. The molecule has 0 saturated heterocycles. The lowest BCUT2D eigenvalue weighted by molar-refractivity contribution is -0.118. The van der Waals surface area contributed by atoms with Gasteiger partial charge in [-0.05, 0) is 12.1 Å². The van der Waals surface area contributed by atoms with Gasteiger partial charge >= 0.3 is 0 Å². The second kappa shape index (κ2) is 6.10. The third kappa shape index (κ3) is 3.28. The molecule has 0 aliphatic rings. The van der Waals surface area contributed by atoms with Gasteiger partial charge in [0.25, 0.3) is 5.91 Å². The van der Waals surface area contributed by atoms with E-state index in [1.807, 2.05) is 0 Å². The summed E-state index contributed by atoms with van der Waals surface area (Å²) in [7, 11) is 0. The van der Waals surface area contributed by atoms with E-state index in [1.165, 1.54) is 19.2 Å². The molecule has 2 rings (SSSR count). The Morgan fingerprint density at radius 3 is 2.75 bits per heavy atom. The van der Waals surface area contributed by atoms with Crippen LogP contribution in [0.5, 0.6) is 0 Å². The van der Waals surface area contributed by atoms with Crippen molar-refractivity contribution in [2.45, 2.75) is 6.92 Å². The first-order valence-corrected chi connectivity index (χ1v) is 6.15. The third-order valence-corrected chi connectivity index (χ3v) is 2.71. The largest absolute Gasteiger partial charge is 0.355 e. The van der Waals surface area contributed by atoms with Crippen LogP contribution in [-0.2, 0) is 4.79 Å². The van der Waals surface area contributed by atoms with E-state index in [9.17, 15) is 14.0 Å². The molecular weight excluding hydrogens is 261 g/mol. The van der Waals surface area contributed by atoms with E-state index in [4.69, 9.17) is 0 Å². The van der Waals surface area contributed by atoms with Gasteiger partial charge in [0.15, 0.2) is 0 Å². The van der Waals surface area contributed by atoms with Crippen LogP contribution in [0.25, 0.3) is 10.9 Å². The van der Waals surface area contributed by atoms with Gasteiger partial charge in [-0.2, -0.15) is 0 Å². The zero-order valence-electron chi connectivity index (χ0n) is 10.9. The Balaban J connectivity index is 2.05. The highest BCUT2D eigenvalue weighted by molar-refractivity contribution is 5.97. The van der Waals surface area contributed by atoms with Crippen molar-refractivity contribution in [3.63, 3.8) is 0 Å². The maximum atomic E-state index is 13.4. The smallest absolute Gasteiger partial charge is 0.252 e. The van der Waals surface area contributed by atoms with Crippen LogP contribution in [0, 0.1) is 5.82 Å². The van der Waals surface area contributed by atoms with Crippen molar-refractivity contribution >= 4 is 22.7 Å². The molecule has 0 spiro atoms. The quantitative estimate of drug-likeness (QED) is 0.825. The molecule has 0 saturated carbocycles. The summed E-state index contributed by atoms with van der Waals surface area (Å²) >= 11 is 0. The highest BCUT2D eigenvalue weighted by Gasteiger charge is 2.08. The van der Waals surface area contributed by atoms with Crippen molar-refractivity contribution in [2.75, 3.05) is 13.1 Å². The molecular formula is C14H14FN3O2. The fourth-order valence-corrected chi connectivity index (χ4v) is 1.76. The molecule has 2 aromatic rings. The SMILES string of the molecule is CC(=O)NCCNC(=O)c1cnc2c(F)cccc2c1. The van der Waals surface area contributed by atoms with Crippen molar-refractivity contribution < 1.29 is 14.0 Å². The third-order valence-electron chi connectivity index (χ3n) is 2.71. The Morgan fingerprint density at radius 2 is 2.00 bits per heavy atom. The van der Waals surface area contributed by atoms with Gasteiger partial charge in [-0.15, -0.1) is 0 Å². The number of benzene rings is 1. The first-order chi connectivity index (χ1) is 9.58. The molecule has 0 radical (unpaired) electrons. The van der Waals surface area contributed by atoms with Crippen molar-refractivity contribution in [1.29, 1.82) is 0 Å². The van der Waals surface area contributed by atoms with Crippen LogP contribution in [0.15, 0.2) is 30.5 Å². The minimum atomic E-state index is -0.417. The number of hydrogen-bond acceptors (Lipinski definition) is 3. The Hall–Kier alpha value is -2.50. The number of carbonyl (C=O) groups excluding carboxylic acids is 2. The monoisotopic (exact) mass is 275 g/mol. The minimum Gasteiger partial charge on any atom is -0.355 e. The summed E-state index contributed by atoms with van der Waals surface area (Å²) in [6, 6.07) is 6.17. The zero-order valence-corrected chi connectivity index (χ0v) is 10.9. The number of hydrogen-bond donors (Lipinski definition) is 2. The molecule has 0 atom stereocenters. The number of para-hydroxylation sites is 1. The van der Waals surface area contributed by atoms with Gasteiger partial charge in [0, 0.05) is 31.6 Å². The van der Waals surface area contributed by atoms with Crippen molar-refractivity contribution in [3.05, 3.63) is 41.8 Å². The number of rotatable bonds is 4. The second-order valence-corrected chi connectivity index (χ2v) is 4.27. The van der Waals surface area contributed by atoms with E-state index in [0.717, 1.165) is 0 Å². The Bertz CT molecular complexity index is 658. The van der Waals surface area contributed by atoms with Gasteiger partial charge in [0.1, 0.15) is 11.3 Å². The van der Waals surface area contributed by atoms with Crippen LogP contribution in [0.2, 0.25) is 0 Å². The summed E-state index contributed by atoms with van der Waals surface area (Å²) in [4.78, 5) is 26.5. The number of fused-ring (bicyclic) bond motifs is 1. The molecule has 1 heterocycles. The topological polar surface area (TPSA) is 71.1 Å². The molecule has 0 unspecified atom stereocenters. The van der Waals surface area contributed by atoms with Gasteiger partial charge < -0.3 is 10.6 Å². The summed E-state index contributed by atoms with van der Waals surface area (Å²) in [5.41, 5.74) is 0.591. The number of amides is 2. The molecule has 20 heavy (non-hydrogen) atoms. The Kier molecular flexibility index (Phi) is 4.24. The zero-order chi connectivity index (χ0) is 14.5. The lowest BCUT2D eigenvalue weighted by Crippen LogP contribution is -2.33. The average Bonchev–Trinajstić information content (AvgIpc) is 2.43. The molecule has 0 aliphatic carbocycles. The highest BCUT2D eigenvalue weighted by atomic mass is 19.1. The molecule has 1 aromatic carbocycles. The van der Waals surface area contributed by atoms with E-state index in [-0.39, 0.29) is 17.3 Å². The van der Waals surface area contributed by atoms with Gasteiger partial charge in [-0.25, -0.2) is 4.39 Å². The van der Waals surface area contributed by atoms with Gasteiger partial charge in [-0.3, -0.25) is 14.6 Å². The van der Waals surface area contributed by atoms with Crippen LogP contribution < -0.4 is 10.6 Å². The molecule has 1 aromatic heterocycles. The van der Waals surface area contributed by atoms with Gasteiger partial charge in [0.2, 0.25) is 5.91 Å². The molecule has 0 bridgehead atoms. The maximum absolute atomic E-state index is 13.4. The normalized spacial score (nSPS) is 10.3. The van der Waals surface area contributed by atoms with E-state index in [2.05, 4.69) is 15.6 Å². The number of aromatic nitrogens is 1. The Labute approximate surface area is 115 Å². The summed E-state index contributed by atoms with van der Waals surface area (Å²) < 4.78 is 13.4. The molecule has 0 aliphatic heterocycles. The molecule has 2 amide bonds. The molecule has 2 N–H and O–H groups in total. The summed E-state index contributed by atoms with van der Waals surface area (Å²) in [5, 5.41) is 5.79. The van der Waals surface area contributed by atoms with E-state index in [1.54, 1.807) is 18.2 Å². The van der Waals surface area contributed by atoms with Crippen molar-refractivity contribution in [1.82, 2.24) is 15.6 Å². The molecule has 6 heteroatoms. The standard InChI is InChI=1S/C14H14FN3O2/c1-9(19)16-5-6-17-14(20)11-7-10-3-2-4-12(15)13(10)18-8-11/h2-4,7-8H,5-6H2,1H3,(H,16,19)(H,17,20). The van der Waals surface area contributed by atoms with Crippen molar-refractivity contribution in [3.8, 4) is 0 Å². The van der Waals surface area contributed by atoms with E-state index in [0.29, 0.717) is 24.0 Å². The summed E-state index contributed by atoms with van der Waals surface area (Å²) in [6.45, 7) is 2.08. The van der Waals surface area contributed by atoms with Crippen LogP contribution >= 0.6 is 0 Å². The number of halogens is 1. The fourth-order valence-electron chi connectivity index (χ4n) is 1.76. The number of nitrogens with one attached hydrogen (secondary N) is 2. The van der Waals surface area contributed by atoms with Gasteiger partial charge in [0.05, 0.1) is 5.56 Å². The Morgan fingerprint density at radius 1 is 1.25 bits per heavy atom. The van der Waals surface area contributed by atoms with Crippen LogP contribution in [0.4, 0.5) is 4.39 Å². The average molecular weight is 275 g/mol. The first-order valence-electron chi connectivity index (χ1n) is 6.15. The fraction of sp³-hybridized carbons (Fsp3) is 0.214. The summed E-state index contributed by atoms with van der Waals surface area (Å²) in [6.07, 6.45) is 1.33. The lowest BCUT2D eigenvalue weighted by atomic mass is 10.1. The van der Waals surface area contributed by atoms with Crippen molar-refractivity contribution in [2.24, 2.45) is 0 Å². The molecule has 0 fully saturated rings. The molecule has 5 nitrogen and oxygen atoms in total. The minimum absolute atomic E-state index is 0.151. The second-order valence-electron chi connectivity index (χ2n) is 4.27. The van der Waals surface area contributed by atoms with Gasteiger partial charge in [-0.1, -0.05) is 12.1 Å². The highest BCUT2D eigenvalue weighted by Crippen LogP contribution is 2.16. The number of nitrogens with zero attached hydrogens (tertiary/aromatic N) is 1.